The second-order valence-corrected chi connectivity index (χ2v) is 6.86. The molecule has 1 aliphatic heterocycles. The molecule has 1 saturated heterocycles. The molecule has 2 aromatic heterocycles. The highest BCUT2D eigenvalue weighted by molar-refractivity contribution is 5.92. The van der Waals surface area contributed by atoms with Crippen LogP contribution in [0.1, 0.15) is 24.7 Å². The zero-order chi connectivity index (χ0) is 20.2. The number of hydrogen-bond acceptors (Lipinski definition) is 8. The van der Waals surface area contributed by atoms with Gasteiger partial charge in [-0.15, -0.1) is 10.2 Å². The van der Waals surface area contributed by atoms with Crippen molar-refractivity contribution >= 4 is 17.3 Å². The number of piperidine rings is 1. The molecule has 1 N–H and O–H groups in total. The maximum atomic E-state index is 12.3. The minimum absolute atomic E-state index is 0.0574. The second kappa shape index (κ2) is 8.23. The quantitative estimate of drug-likeness (QED) is 0.496. The molecular formula is C19H19N5O5. The summed E-state index contributed by atoms with van der Waals surface area (Å²) in [5.41, 5.74) is 1.11. The Morgan fingerprint density at radius 2 is 2.10 bits per heavy atom. The van der Waals surface area contributed by atoms with Gasteiger partial charge in [-0.05, 0) is 38.1 Å². The van der Waals surface area contributed by atoms with E-state index in [0.717, 1.165) is 31.5 Å². The molecular weight excluding hydrogens is 378 g/mol. The number of rotatable bonds is 6. The van der Waals surface area contributed by atoms with Gasteiger partial charge in [0.1, 0.15) is 6.26 Å². The maximum absolute atomic E-state index is 12.3. The first kappa shape index (κ1) is 18.8. The lowest BCUT2D eigenvalue weighted by atomic mass is 9.97. The van der Waals surface area contributed by atoms with Gasteiger partial charge in [0.25, 0.3) is 11.6 Å². The van der Waals surface area contributed by atoms with Gasteiger partial charge in [0.15, 0.2) is 0 Å². The van der Waals surface area contributed by atoms with E-state index in [1.165, 1.54) is 12.1 Å². The average molecular weight is 397 g/mol. The summed E-state index contributed by atoms with van der Waals surface area (Å²) in [4.78, 5) is 24.7. The first-order valence-corrected chi connectivity index (χ1v) is 9.21. The van der Waals surface area contributed by atoms with Crippen LogP contribution in [0.5, 0.6) is 0 Å². The monoisotopic (exact) mass is 397 g/mol. The number of carbonyl (C=O) groups excluding carboxylic acids is 1. The lowest BCUT2D eigenvalue weighted by Crippen LogP contribution is -2.38. The largest absolute Gasteiger partial charge is 0.472 e. The van der Waals surface area contributed by atoms with Crippen molar-refractivity contribution in [2.45, 2.75) is 18.8 Å². The van der Waals surface area contributed by atoms with Crippen LogP contribution in [0.3, 0.4) is 0 Å². The number of benzene rings is 1. The maximum Gasteiger partial charge on any atom is 0.271 e. The highest BCUT2D eigenvalue weighted by Crippen LogP contribution is 2.29. The van der Waals surface area contributed by atoms with Crippen LogP contribution in [0.25, 0.3) is 11.5 Å². The van der Waals surface area contributed by atoms with Crippen LogP contribution >= 0.6 is 0 Å². The Labute approximate surface area is 165 Å². The highest BCUT2D eigenvalue weighted by atomic mass is 16.6. The first-order chi connectivity index (χ1) is 14.1. The zero-order valence-corrected chi connectivity index (χ0v) is 15.5. The van der Waals surface area contributed by atoms with Crippen molar-refractivity contribution in [1.29, 1.82) is 0 Å². The lowest BCUT2D eigenvalue weighted by Gasteiger charge is -2.29. The summed E-state index contributed by atoms with van der Waals surface area (Å²) in [5, 5.41) is 21.8. The van der Waals surface area contributed by atoms with Crippen molar-refractivity contribution in [2.24, 2.45) is 0 Å². The van der Waals surface area contributed by atoms with Gasteiger partial charge < -0.3 is 14.2 Å². The standard InChI is InChI=1S/C19H19N5O5/c25-17(20-15-2-1-3-16(10-15)24(26)27)11-23-7-4-13(5-8-23)18-21-22-19(29-18)14-6-9-28-12-14/h1-3,6,9-10,12-13H,4-5,7-8,11H2,(H,20,25). The lowest BCUT2D eigenvalue weighted by molar-refractivity contribution is -0.384. The summed E-state index contributed by atoms with van der Waals surface area (Å²) >= 11 is 0. The van der Waals surface area contributed by atoms with E-state index in [1.54, 1.807) is 30.7 Å². The molecule has 0 spiro atoms. The first-order valence-electron chi connectivity index (χ1n) is 9.21. The molecule has 10 heteroatoms. The van der Waals surface area contributed by atoms with Crippen LogP contribution in [-0.2, 0) is 4.79 Å². The van der Waals surface area contributed by atoms with Gasteiger partial charge in [0.2, 0.25) is 11.8 Å². The number of furan rings is 1. The van der Waals surface area contributed by atoms with Gasteiger partial charge in [-0.1, -0.05) is 6.07 Å². The number of nitrogens with zero attached hydrogens (tertiary/aromatic N) is 4. The van der Waals surface area contributed by atoms with Crippen LogP contribution in [0.15, 0.2) is 51.7 Å². The van der Waals surface area contributed by atoms with Crippen molar-refractivity contribution < 1.29 is 18.6 Å². The van der Waals surface area contributed by atoms with Crippen molar-refractivity contribution in [1.82, 2.24) is 15.1 Å². The number of carbonyl (C=O) groups is 1. The van der Waals surface area contributed by atoms with Crippen molar-refractivity contribution in [3.63, 3.8) is 0 Å². The third-order valence-corrected chi connectivity index (χ3v) is 4.85. The molecule has 29 heavy (non-hydrogen) atoms. The molecule has 1 amide bonds. The van der Waals surface area contributed by atoms with E-state index in [1.807, 2.05) is 4.90 Å². The fourth-order valence-corrected chi connectivity index (χ4v) is 3.34. The number of anilines is 1. The van der Waals surface area contributed by atoms with Crippen LogP contribution in [0.4, 0.5) is 11.4 Å². The Morgan fingerprint density at radius 1 is 1.28 bits per heavy atom. The summed E-state index contributed by atoms with van der Waals surface area (Å²) in [6.45, 7) is 1.66. The number of aromatic nitrogens is 2. The van der Waals surface area contributed by atoms with Gasteiger partial charge >= 0.3 is 0 Å². The molecule has 0 aliphatic carbocycles. The predicted octanol–water partition coefficient (Wildman–Crippen LogP) is 3.06. The Hall–Kier alpha value is -3.53. The third-order valence-electron chi connectivity index (χ3n) is 4.85. The molecule has 4 rings (SSSR count). The zero-order valence-electron chi connectivity index (χ0n) is 15.5. The Morgan fingerprint density at radius 3 is 2.83 bits per heavy atom. The van der Waals surface area contributed by atoms with E-state index >= 15 is 0 Å². The summed E-state index contributed by atoms with van der Waals surface area (Å²) in [6, 6.07) is 7.67. The van der Waals surface area contributed by atoms with Crippen molar-refractivity contribution in [3.05, 3.63) is 58.9 Å². The number of nitrogens with one attached hydrogen (secondary N) is 1. The summed E-state index contributed by atoms with van der Waals surface area (Å²) in [6.07, 6.45) is 4.71. The Balaban J connectivity index is 1.28. The normalized spacial score (nSPS) is 15.3. The topological polar surface area (TPSA) is 128 Å². The molecule has 1 aliphatic rings. The third kappa shape index (κ3) is 4.49. The highest BCUT2D eigenvalue weighted by Gasteiger charge is 2.26. The Bertz CT molecular complexity index is 992. The van der Waals surface area contributed by atoms with Crippen LogP contribution in [0.2, 0.25) is 0 Å². The molecule has 0 bridgehead atoms. The van der Waals surface area contributed by atoms with Crippen LogP contribution in [0, 0.1) is 10.1 Å². The van der Waals surface area contributed by atoms with Crippen molar-refractivity contribution in [3.8, 4) is 11.5 Å². The van der Waals surface area contributed by atoms with E-state index in [-0.39, 0.29) is 24.1 Å². The SMILES string of the molecule is O=C(CN1CCC(c2nnc(-c3ccoc3)o2)CC1)Nc1cccc([N+](=O)[O-])c1. The summed E-state index contributed by atoms with van der Waals surface area (Å²) < 4.78 is 10.8. The van der Waals surface area contributed by atoms with Gasteiger partial charge in [0, 0.05) is 23.7 Å². The van der Waals surface area contributed by atoms with Crippen LogP contribution < -0.4 is 5.32 Å². The van der Waals surface area contributed by atoms with E-state index < -0.39 is 4.92 Å². The smallest absolute Gasteiger partial charge is 0.271 e. The van der Waals surface area contributed by atoms with E-state index in [0.29, 0.717) is 17.5 Å². The van der Waals surface area contributed by atoms with Crippen LogP contribution in [-0.4, -0.2) is 45.6 Å². The molecule has 1 fully saturated rings. The fraction of sp³-hybridized carbons (Fsp3) is 0.316. The minimum Gasteiger partial charge on any atom is -0.472 e. The number of amides is 1. The number of likely N-dealkylation sites (tertiary alicyclic amines) is 1. The molecule has 0 atom stereocenters. The average Bonchev–Trinajstić information content (AvgIpc) is 3.40. The molecule has 0 radical (unpaired) electrons. The molecule has 0 unspecified atom stereocenters. The summed E-state index contributed by atoms with van der Waals surface area (Å²) in [5.74, 6) is 0.984. The van der Waals surface area contributed by atoms with E-state index in [9.17, 15) is 14.9 Å². The van der Waals surface area contributed by atoms with Gasteiger partial charge in [-0.3, -0.25) is 19.8 Å². The number of hydrogen-bond donors (Lipinski definition) is 1. The minimum atomic E-state index is -0.490. The molecule has 3 aromatic rings. The van der Waals surface area contributed by atoms with E-state index in [4.69, 9.17) is 8.83 Å². The summed E-state index contributed by atoms with van der Waals surface area (Å²) in [7, 11) is 0. The predicted molar refractivity (Wildman–Crippen MR) is 102 cm³/mol. The molecule has 1 aromatic carbocycles. The molecule has 3 heterocycles. The van der Waals surface area contributed by atoms with Crippen molar-refractivity contribution in [2.75, 3.05) is 25.0 Å². The van der Waals surface area contributed by atoms with E-state index in [2.05, 4.69) is 15.5 Å². The second-order valence-electron chi connectivity index (χ2n) is 6.86. The van der Waals surface area contributed by atoms with Gasteiger partial charge in [-0.25, -0.2) is 0 Å². The number of nitro groups is 1. The molecule has 150 valence electrons. The number of non-ortho nitro benzene ring substituents is 1. The van der Waals surface area contributed by atoms with Gasteiger partial charge in [-0.2, -0.15) is 0 Å². The fourth-order valence-electron chi connectivity index (χ4n) is 3.34. The molecule has 0 saturated carbocycles. The Kier molecular flexibility index (Phi) is 5.34. The molecule has 10 nitrogen and oxygen atoms in total. The van der Waals surface area contributed by atoms with Gasteiger partial charge in [0.05, 0.1) is 23.3 Å². The number of nitro benzene ring substituents is 1.